The third kappa shape index (κ3) is 3.29. The molecule has 0 aliphatic heterocycles. The average Bonchev–Trinajstić information content (AvgIpc) is 2.74. The third-order valence-electron chi connectivity index (χ3n) is 3.38. The smallest absolute Gasteiger partial charge is 0.0968 e. The molecular weight excluding hydrogens is 216 g/mol. The maximum absolute atomic E-state index is 4.46. The van der Waals surface area contributed by atoms with Gasteiger partial charge in [-0.1, -0.05) is 26.2 Å². The molecule has 0 amide bonds. The first-order valence-corrected chi connectivity index (χ1v) is 7.23. The van der Waals surface area contributed by atoms with E-state index in [2.05, 4.69) is 24.1 Å². The van der Waals surface area contributed by atoms with Gasteiger partial charge in [0.1, 0.15) is 0 Å². The van der Waals surface area contributed by atoms with Crippen LogP contribution in [0.15, 0.2) is 6.20 Å². The molecule has 1 aliphatic carbocycles. The van der Waals surface area contributed by atoms with E-state index in [0.29, 0.717) is 5.92 Å². The lowest BCUT2D eigenvalue weighted by Gasteiger charge is -2.24. The monoisotopic (exact) mass is 238 g/mol. The Kier molecular flexibility index (Phi) is 4.36. The molecule has 2 rings (SSSR count). The first-order chi connectivity index (χ1) is 7.75. The van der Waals surface area contributed by atoms with E-state index in [1.54, 1.807) is 0 Å². The van der Waals surface area contributed by atoms with E-state index < -0.39 is 0 Å². The van der Waals surface area contributed by atoms with Gasteiger partial charge in [-0.15, -0.1) is 11.3 Å². The largest absolute Gasteiger partial charge is 0.313 e. The molecule has 1 aromatic heterocycles. The molecule has 0 spiro atoms. The van der Waals surface area contributed by atoms with E-state index in [0.717, 1.165) is 12.6 Å². The molecular formula is C13H22N2S. The minimum Gasteiger partial charge on any atom is -0.313 e. The maximum atomic E-state index is 4.46. The fraction of sp³-hybridized carbons (Fsp3) is 0.769. The van der Waals surface area contributed by atoms with Gasteiger partial charge in [0.2, 0.25) is 0 Å². The van der Waals surface area contributed by atoms with Crippen molar-refractivity contribution in [2.45, 2.75) is 57.9 Å². The average molecular weight is 238 g/mol. The molecule has 0 aromatic carbocycles. The van der Waals surface area contributed by atoms with E-state index in [1.807, 2.05) is 17.5 Å². The summed E-state index contributed by atoms with van der Waals surface area (Å²) >= 11 is 1.83. The van der Waals surface area contributed by atoms with Crippen molar-refractivity contribution >= 4 is 11.3 Å². The van der Waals surface area contributed by atoms with Crippen LogP contribution in [0.5, 0.6) is 0 Å². The third-order valence-corrected chi connectivity index (χ3v) is 4.52. The number of aryl methyl sites for hydroxylation is 1. The lowest BCUT2D eigenvalue weighted by Crippen LogP contribution is -2.33. The Morgan fingerprint density at radius 1 is 1.44 bits per heavy atom. The Morgan fingerprint density at radius 2 is 2.19 bits per heavy atom. The predicted molar refractivity (Wildman–Crippen MR) is 70.1 cm³/mol. The first kappa shape index (κ1) is 12.1. The van der Waals surface area contributed by atoms with Crippen molar-refractivity contribution in [3.8, 4) is 0 Å². The van der Waals surface area contributed by atoms with Crippen LogP contribution in [0.1, 0.15) is 54.8 Å². The van der Waals surface area contributed by atoms with Gasteiger partial charge >= 0.3 is 0 Å². The van der Waals surface area contributed by atoms with Crippen LogP contribution >= 0.6 is 11.3 Å². The summed E-state index contributed by atoms with van der Waals surface area (Å²) in [7, 11) is 0. The Bertz CT molecular complexity index is 315. The van der Waals surface area contributed by atoms with Crippen LogP contribution in [-0.4, -0.2) is 17.6 Å². The Morgan fingerprint density at radius 3 is 2.81 bits per heavy atom. The summed E-state index contributed by atoms with van der Waals surface area (Å²) in [5.41, 5.74) is 0. The van der Waals surface area contributed by atoms with Crippen molar-refractivity contribution in [3.05, 3.63) is 16.1 Å². The van der Waals surface area contributed by atoms with Crippen LogP contribution in [0.3, 0.4) is 0 Å². The highest BCUT2D eigenvalue weighted by atomic mass is 32.1. The summed E-state index contributed by atoms with van der Waals surface area (Å²) in [6.45, 7) is 5.48. The molecule has 0 radical (unpaired) electrons. The molecule has 1 N–H and O–H groups in total. The van der Waals surface area contributed by atoms with Gasteiger partial charge in [-0.25, -0.2) is 4.98 Å². The number of aromatic nitrogens is 1. The van der Waals surface area contributed by atoms with Gasteiger partial charge in [0.05, 0.1) is 5.01 Å². The fourth-order valence-corrected chi connectivity index (χ4v) is 3.16. The van der Waals surface area contributed by atoms with Crippen LogP contribution in [-0.2, 0) is 0 Å². The van der Waals surface area contributed by atoms with Gasteiger partial charge in [0.15, 0.2) is 0 Å². The van der Waals surface area contributed by atoms with Gasteiger partial charge in [-0.2, -0.15) is 0 Å². The van der Waals surface area contributed by atoms with Gasteiger partial charge in [0, 0.05) is 29.6 Å². The standard InChI is InChI=1S/C13H22N2S/c1-10(13-15-9-11(2)16-13)8-14-12-6-4-3-5-7-12/h9-10,12,14H,3-8H2,1-2H3. The molecule has 0 saturated heterocycles. The van der Waals surface area contributed by atoms with E-state index in [1.165, 1.54) is 42.0 Å². The number of thiazole rings is 1. The van der Waals surface area contributed by atoms with E-state index in [9.17, 15) is 0 Å². The molecule has 16 heavy (non-hydrogen) atoms. The molecule has 1 fully saturated rings. The SMILES string of the molecule is Cc1cnc(C(C)CNC2CCCCC2)s1. The number of hydrogen-bond acceptors (Lipinski definition) is 3. The molecule has 2 nitrogen and oxygen atoms in total. The molecule has 0 bridgehead atoms. The minimum absolute atomic E-state index is 0.556. The highest BCUT2D eigenvalue weighted by Crippen LogP contribution is 2.22. The topological polar surface area (TPSA) is 24.9 Å². The van der Waals surface area contributed by atoms with Gasteiger partial charge in [-0.3, -0.25) is 0 Å². The van der Waals surface area contributed by atoms with Gasteiger partial charge < -0.3 is 5.32 Å². The van der Waals surface area contributed by atoms with Crippen molar-refractivity contribution in [3.63, 3.8) is 0 Å². The van der Waals surface area contributed by atoms with E-state index in [4.69, 9.17) is 0 Å². The molecule has 3 heteroatoms. The van der Waals surface area contributed by atoms with Crippen molar-refractivity contribution in [2.24, 2.45) is 0 Å². The molecule has 1 unspecified atom stereocenters. The molecule has 90 valence electrons. The van der Waals surface area contributed by atoms with E-state index in [-0.39, 0.29) is 0 Å². The van der Waals surface area contributed by atoms with Crippen molar-refractivity contribution < 1.29 is 0 Å². The second kappa shape index (κ2) is 5.78. The molecule has 1 atom stereocenters. The van der Waals surface area contributed by atoms with Crippen LogP contribution in [0.25, 0.3) is 0 Å². The van der Waals surface area contributed by atoms with Gasteiger partial charge in [-0.05, 0) is 19.8 Å². The summed E-state index contributed by atoms with van der Waals surface area (Å²) in [4.78, 5) is 5.78. The molecule has 1 aromatic rings. The summed E-state index contributed by atoms with van der Waals surface area (Å²) in [6, 6.07) is 0.761. The Hall–Kier alpha value is -0.410. The summed E-state index contributed by atoms with van der Waals surface area (Å²) in [6.07, 6.45) is 8.95. The zero-order valence-electron chi connectivity index (χ0n) is 10.3. The molecule has 1 heterocycles. The number of rotatable bonds is 4. The van der Waals surface area contributed by atoms with E-state index >= 15 is 0 Å². The van der Waals surface area contributed by atoms with Crippen molar-refractivity contribution in [2.75, 3.05) is 6.54 Å². The van der Waals surface area contributed by atoms with Crippen LogP contribution < -0.4 is 5.32 Å². The highest BCUT2D eigenvalue weighted by molar-refractivity contribution is 7.11. The fourth-order valence-electron chi connectivity index (χ4n) is 2.34. The number of hydrogen-bond donors (Lipinski definition) is 1. The summed E-state index contributed by atoms with van der Waals surface area (Å²) in [5.74, 6) is 0.556. The molecule has 1 aliphatic rings. The minimum atomic E-state index is 0.556. The lowest BCUT2D eigenvalue weighted by atomic mass is 9.95. The van der Waals surface area contributed by atoms with Crippen LogP contribution in [0, 0.1) is 6.92 Å². The number of nitrogens with zero attached hydrogens (tertiary/aromatic N) is 1. The summed E-state index contributed by atoms with van der Waals surface area (Å²) in [5, 5.41) is 4.97. The second-order valence-corrected chi connectivity index (χ2v) is 6.22. The Labute approximate surface area is 102 Å². The zero-order valence-corrected chi connectivity index (χ0v) is 11.1. The lowest BCUT2D eigenvalue weighted by molar-refractivity contribution is 0.367. The van der Waals surface area contributed by atoms with Crippen LogP contribution in [0.2, 0.25) is 0 Å². The predicted octanol–water partition coefficient (Wildman–Crippen LogP) is 3.48. The Balaban J connectivity index is 1.76. The first-order valence-electron chi connectivity index (χ1n) is 6.41. The zero-order chi connectivity index (χ0) is 11.4. The van der Waals surface area contributed by atoms with Gasteiger partial charge in [0.25, 0.3) is 0 Å². The highest BCUT2D eigenvalue weighted by Gasteiger charge is 2.15. The maximum Gasteiger partial charge on any atom is 0.0968 e. The molecule has 1 saturated carbocycles. The van der Waals surface area contributed by atoms with Crippen molar-refractivity contribution in [1.29, 1.82) is 0 Å². The van der Waals surface area contributed by atoms with Crippen LogP contribution in [0.4, 0.5) is 0 Å². The van der Waals surface area contributed by atoms with Crippen molar-refractivity contribution in [1.82, 2.24) is 10.3 Å². The normalized spacial score (nSPS) is 19.9. The quantitative estimate of drug-likeness (QED) is 0.868. The summed E-state index contributed by atoms with van der Waals surface area (Å²) < 4.78 is 0. The number of nitrogens with one attached hydrogen (secondary N) is 1. The second-order valence-electron chi connectivity index (χ2n) is 4.95.